The molecule has 5 nitrogen and oxygen atoms in total. The van der Waals surface area contributed by atoms with Crippen LogP contribution >= 0.6 is 0 Å². The second-order valence-corrected chi connectivity index (χ2v) is 3.90. The molecule has 0 spiro atoms. The summed E-state index contributed by atoms with van der Waals surface area (Å²) in [7, 11) is 3.31. The number of hydrogen-bond acceptors (Lipinski definition) is 4. The van der Waals surface area contributed by atoms with Gasteiger partial charge in [-0.1, -0.05) is 6.92 Å². The van der Waals surface area contributed by atoms with Gasteiger partial charge in [-0.05, 0) is 18.5 Å². The fourth-order valence-corrected chi connectivity index (χ4v) is 1.44. The maximum atomic E-state index is 11.1. The van der Waals surface area contributed by atoms with Crippen molar-refractivity contribution >= 4 is 5.97 Å². The standard InChI is InChI=1S/C11H19N3O2/c1-9(11(15)16-3)6-12-5-4-10-7-13-14(2)8-10/h7-9,12H,4-6H2,1-3H3. The third-order valence-corrected chi connectivity index (χ3v) is 2.40. The zero-order valence-electron chi connectivity index (χ0n) is 10.1. The summed E-state index contributed by atoms with van der Waals surface area (Å²) in [5.41, 5.74) is 1.20. The highest BCUT2D eigenvalue weighted by molar-refractivity contribution is 5.71. The Morgan fingerprint density at radius 3 is 3.00 bits per heavy atom. The highest BCUT2D eigenvalue weighted by atomic mass is 16.5. The smallest absolute Gasteiger partial charge is 0.309 e. The van der Waals surface area contributed by atoms with E-state index in [1.165, 1.54) is 12.7 Å². The van der Waals surface area contributed by atoms with Crippen molar-refractivity contribution in [2.45, 2.75) is 13.3 Å². The molecule has 0 fully saturated rings. The molecule has 0 amide bonds. The van der Waals surface area contributed by atoms with Gasteiger partial charge in [-0.25, -0.2) is 0 Å². The number of ether oxygens (including phenoxy) is 1. The summed E-state index contributed by atoms with van der Waals surface area (Å²) in [5.74, 6) is -0.271. The number of aryl methyl sites for hydroxylation is 1. The average Bonchev–Trinajstić information content (AvgIpc) is 2.69. The molecule has 1 rings (SSSR count). The Balaban J connectivity index is 2.14. The molecular weight excluding hydrogens is 206 g/mol. The third-order valence-electron chi connectivity index (χ3n) is 2.40. The molecule has 0 aliphatic heterocycles. The van der Waals surface area contributed by atoms with E-state index in [9.17, 15) is 4.79 Å². The number of aromatic nitrogens is 2. The van der Waals surface area contributed by atoms with Gasteiger partial charge in [0.05, 0.1) is 19.2 Å². The SMILES string of the molecule is COC(=O)C(C)CNCCc1cnn(C)c1. The number of esters is 1. The summed E-state index contributed by atoms with van der Waals surface area (Å²) in [5, 5.41) is 7.31. The van der Waals surface area contributed by atoms with Crippen LogP contribution < -0.4 is 5.32 Å². The predicted octanol–water partition coefficient (Wildman–Crippen LogP) is 0.361. The second kappa shape index (κ2) is 6.27. The van der Waals surface area contributed by atoms with Gasteiger partial charge in [-0.2, -0.15) is 5.10 Å². The van der Waals surface area contributed by atoms with E-state index in [0.717, 1.165) is 13.0 Å². The molecule has 1 aromatic heterocycles. The molecule has 1 N–H and O–H groups in total. The fourth-order valence-electron chi connectivity index (χ4n) is 1.44. The molecule has 0 aliphatic rings. The Kier molecular flexibility index (Phi) is 4.98. The molecule has 90 valence electrons. The van der Waals surface area contributed by atoms with E-state index in [0.29, 0.717) is 6.54 Å². The van der Waals surface area contributed by atoms with Crippen molar-refractivity contribution in [2.24, 2.45) is 13.0 Å². The zero-order valence-corrected chi connectivity index (χ0v) is 10.1. The first-order valence-corrected chi connectivity index (χ1v) is 5.39. The Hall–Kier alpha value is -1.36. The van der Waals surface area contributed by atoms with Crippen LogP contribution in [0.1, 0.15) is 12.5 Å². The van der Waals surface area contributed by atoms with Crippen LogP contribution in [0.15, 0.2) is 12.4 Å². The minimum absolute atomic E-state index is 0.0982. The lowest BCUT2D eigenvalue weighted by Crippen LogP contribution is -2.28. The van der Waals surface area contributed by atoms with Crippen LogP contribution in [0.5, 0.6) is 0 Å². The quantitative estimate of drug-likeness (QED) is 0.561. The summed E-state index contributed by atoms with van der Waals surface area (Å²) in [4.78, 5) is 11.1. The van der Waals surface area contributed by atoms with Crippen molar-refractivity contribution < 1.29 is 9.53 Å². The van der Waals surface area contributed by atoms with Crippen molar-refractivity contribution in [3.05, 3.63) is 18.0 Å². The van der Waals surface area contributed by atoms with Gasteiger partial charge in [0.1, 0.15) is 0 Å². The molecule has 5 heteroatoms. The lowest BCUT2D eigenvalue weighted by atomic mass is 10.2. The highest BCUT2D eigenvalue weighted by Crippen LogP contribution is 1.98. The molecule has 1 atom stereocenters. The van der Waals surface area contributed by atoms with Gasteiger partial charge in [-0.3, -0.25) is 9.48 Å². The normalized spacial score (nSPS) is 12.4. The van der Waals surface area contributed by atoms with Gasteiger partial charge >= 0.3 is 5.97 Å². The molecule has 0 saturated carbocycles. The lowest BCUT2D eigenvalue weighted by Gasteiger charge is -2.09. The van der Waals surface area contributed by atoms with Crippen molar-refractivity contribution in [1.29, 1.82) is 0 Å². The molecule has 16 heavy (non-hydrogen) atoms. The van der Waals surface area contributed by atoms with Gasteiger partial charge in [0.15, 0.2) is 0 Å². The molecule has 0 bridgehead atoms. The summed E-state index contributed by atoms with van der Waals surface area (Å²) in [6.07, 6.45) is 4.76. The largest absolute Gasteiger partial charge is 0.469 e. The molecule has 1 heterocycles. The van der Waals surface area contributed by atoms with Gasteiger partial charge in [0, 0.05) is 19.8 Å². The van der Waals surface area contributed by atoms with Gasteiger partial charge in [0.2, 0.25) is 0 Å². The minimum Gasteiger partial charge on any atom is -0.469 e. The molecule has 0 aliphatic carbocycles. The Morgan fingerprint density at radius 2 is 2.44 bits per heavy atom. The Labute approximate surface area is 95.8 Å². The monoisotopic (exact) mass is 225 g/mol. The summed E-state index contributed by atoms with van der Waals surface area (Å²) in [6, 6.07) is 0. The molecule has 0 radical (unpaired) electrons. The number of hydrogen-bond donors (Lipinski definition) is 1. The van der Waals surface area contributed by atoms with Crippen LogP contribution in [0, 0.1) is 5.92 Å². The van der Waals surface area contributed by atoms with E-state index in [-0.39, 0.29) is 11.9 Å². The predicted molar refractivity (Wildman–Crippen MR) is 61.0 cm³/mol. The van der Waals surface area contributed by atoms with Gasteiger partial charge in [-0.15, -0.1) is 0 Å². The first-order valence-electron chi connectivity index (χ1n) is 5.39. The summed E-state index contributed by atoms with van der Waals surface area (Å²) < 4.78 is 6.42. The van der Waals surface area contributed by atoms with Crippen LogP contribution in [0.3, 0.4) is 0 Å². The topological polar surface area (TPSA) is 56.1 Å². The fraction of sp³-hybridized carbons (Fsp3) is 0.636. The maximum Gasteiger partial charge on any atom is 0.309 e. The van der Waals surface area contributed by atoms with Crippen LogP contribution in [0.2, 0.25) is 0 Å². The first-order chi connectivity index (χ1) is 7.63. The molecule has 0 saturated heterocycles. The van der Waals surface area contributed by atoms with Gasteiger partial charge in [0.25, 0.3) is 0 Å². The Morgan fingerprint density at radius 1 is 1.69 bits per heavy atom. The number of carbonyl (C=O) groups is 1. The van der Waals surface area contributed by atoms with Crippen molar-refractivity contribution in [3.8, 4) is 0 Å². The average molecular weight is 225 g/mol. The molecule has 0 aromatic carbocycles. The zero-order chi connectivity index (χ0) is 12.0. The first kappa shape index (κ1) is 12.7. The van der Waals surface area contributed by atoms with E-state index < -0.39 is 0 Å². The van der Waals surface area contributed by atoms with Crippen LogP contribution in [-0.2, 0) is 23.0 Å². The number of rotatable bonds is 6. The van der Waals surface area contributed by atoms with Crippen molar-refractivity contribution in [2.75, 3.05) is 20.2 Å². The van der Waals surface area contributed by atoms with Crippen LogP contribution in [0.25, 0.3) is 0 Å². The third kappa shape index (κ3) is 4.02. The summed E-state index contributed by atoms with van der Waals surface area (Å²) >= 11 is 0. The van der Waals surface area contributed by atoms with Crippen LogP contribution in [-0.4, -0.2) is 35.9 Å². The van der Waals surface area contributed by atoms with E-state index in [1.807, 2.05) is 26.4 Å². The maximum absolute atomic E-state index is 11.1. The molecule has 1 unspecified atom stereocenters. The van der Waals surface area contributed by atoms with Crippen molar-refractivity contribution in [1.82, 2.24) is 15.1 Å². The van der Waals surface area contributed by atoms with Crippen molar-refractivity contribution in [3.63, 3.8) is 0 Å². The summed E-state index contributed by atoms with van der Waals surface area (Å²) in [6.45, 7) is 3.34. The highest BCUT2D eigenvalue weighted by Gasteiger charge is 2.11. The number of nitrogens with one attached hydrogen (secondary N) is 1. The minimum atomic E-state index is -0.172. The van der Waals surface area contributed by atoms with Gasteiger partial charge < -0.3 is 10.1 Å². The van der Waals surface area contributed by atoms with E-state index >= 15 is 0 Å². The Bertz CT molecular complexity index is 336. The number of carbonyl (C=O) groups excluding carboxylic acids is 1. The molecule has 1 aromatic rings. The van der Waals surface area contributed by atoms with E-state index in [2.05, 4.69) is 15.2 Å². The van der Waals surface area contributed by atoms with E-state index in [1.54, 1.807) is 4.68 Å². The molecular formula is C11H19N3O2. The second-order valence-electron chi connectivity index (χ2n) is 3.90. The van der Waals surface area contributed by atoms with E-state index in [4.69, 9.17) is 0 Å². The van der Waals surface area contributed by atoms with Crippen LogP contribution in [0.4, 0.5) is 0 Å². The lowest BCUT2D eigenvalue weighted by molar-refractivity contribution is -0.144. The number of methoxy groups -OCH3 is 1. The number of nitrogens with zero attached hydrogens (tertiary/aromatic N) is 2.